The van der Waals surface area contributed by atoms with Crippen LogP contribution in [0.25, 0.3) is 5.83 Å². The van der Waals surface area contributed by atoms with E-state index in [4.69, 9.17) is 21.4 Å². The number of aliphatic hydroxyl groups is 2. The quantitative estimate of drug-likeness (QED) is 0.725. The maximum atomic E-state index is 13.4. The van der Waals surface area contributed by atoms with E-state index >= 15 is 0 Å². The summed E-state index contributed by atoms with van der Waals surface area (Å²) in [5.74, 6) is -1.62. The van der Waals surface area contributed by atoms with Crippen molar-refractivity contribution in [1.82, 2.24) is 9.55 Å². The highest BCUT2D eigenvalue weighted by Gasteiger charge is 2.35. The maximum Gasteiger partial charge on any atom is 0.330 e. The standard InChI is InChI=1S/C11H11ClF2N2O5/c12-9(14)8(13)4-2-16(11(20)15-10(4)19)7-1-5(18)6(3-17)21-7/h2,5-7,17-18H,1,3H2,(H,15,19,20)/b9-8+. The normalized spacial score (nSPS) is 26.8. The molecule has 0 saturated carbocycles. The van der Waals surface area contributed by atoms with Crippen LogP contribution in [0.4, 0.5) is 8.78 Å². The van der Waals surface area contributed by atoms with Gasteiger partial charge in [0.15, 0.2) is 5.83 Å². The number of halogens is 3. The fourth-order valence-corrected chi connectivity index (χ4v) is 2.11. The summed E-state index contributed by atoms with van der Waals surface area (Å²) in [5, 5.41) is 16.8. The number of ether oxygens (including phenoxy) is 1. The Kier molecular flexibility index (Phi) is 4.57. The van der Waals surface area contributed by atoms with Crippen molar-refractivity contribution in [3.8, 4) is 0 Å². The Hall–Kier alpha value is -1.55. The summed E-state index contributed by atoms with van der Waals surface area (Å²) in [6, 6.07) is 0. The molecular weight excluding hydrogens is 314 g/mol. The topological polar surface area (TPSA) is 105 Å². The van der Waals surface area contributed by atoms with Gasteiger partial charge in [0, 0.05) is 12.6 Å². The van der Waals surface area contributed by atoms with Crippen molar-refractivity contribution < 1.29 is 23.7 Å². The van der Waals surface area contributed by atoms with Crippen LogP contribution < -0.4 is 11.2 Å². The second kappa shape index (κ2) is 6.06. The zero-order chi connectivity index (χ0) is 15.7. The molecule has 0 bridgehead atoms. The maximum absolute atomic E-state index is 13.4. The molecule has 0 amide bonds. The first-order valence-corrected chi connectivity index (χ1v) is 6.24. The van der Waals surface area contributed by atoms with E-state index in [1.165, 1.54) is 0 Å². The molecule has 21 heavy (non-hydrogen) atoms. The average Bonchev–Trinajstić information content (AvgIpc) is 2.79. The number of aliphatic hydroxyl groups excluding tert-OH is 2. The third kappa shape index (κ3) is 3.05. The smallest absolute Gasteiger partial charge is 0.330 e. The summed E-state index contributed by atoms with van der Waals surface area (Å²) in [6.07, 6.45) is -2.30. The first kappa shape index (κ1) is 15.8. The van der Waals surface area contributed by atoms with Gasteiger partial charge in [0.2, 0.25) is 5.29 Å². The highest BCUT2D eigenvalue weighted by Crippen LogP contribution is 2.28. The van der Waals surface area contributed by atoms with Gasteiger partial charge in [-0.15, -0.1) is 0 Å². The van der Waals surface area contributed by atoms with Crippen LogP contribution in [0.2, 0.25) is 0 Å². The summed E-state index contributed by atoms with van der Waals surface area (Å²) >= 11 is 4.85. The third-order valence-electron chi connectivity index (χ3n) is 3.06. The summed E-state index contributed by atoms with van der Waals surface area (Å²) in [6.45, 7) is -0.479. The Morgan fingerprint density at radius 2 is 2.19 bits per heavy atom. The van der Waals surface area contributed by atoms with Crippen molar-refractivity contribution in [1.29, 1.82) is 0 Å². The van der Waals surface area contributed by atoms with Crippen molar-refractivity contribution in [2.24, 2.45) is 0 Å². The lowest BCUT2D eigenvalue weighted by Gasteiger charge is -2.14. The molecule has 1 fully saturated rings. The summed E-state index contributed by atoms with van der Waals surface area (Å²) in [7, 11) is 0. The van der Waals surface area contributed by atoms with E-state index in [-0.39, 0.29) is 6.42 Å². The van der Waals surface area contributed by atoms with Gasteiger partial charge in [0.1, 0.15) is 12.3 Å². The Labute approximate surface area is 121 Å². The Balaban J connectivity index is 2.47. The number of aromatic amines is 1. The molecule has 1 aromatic heterocycles. The molecule has 10 heteroatoms. The molecule has 3 unspecified atom stereocenters. The predicted molar refractivity (Wildman–Crippen MR) is 67.9 cm³/mol. The highest BCUT2D eigenvalue weighted by atomic mass is 35.5. The van der Waals surface area contributed by atoms with E-state index in [9.17, 15) is 23.5 Å². The van der Waals surface area contributed by atoms with Gasteiger partial charge < -0.3 is 14.9 Å². The molecule has 2 rings (SSSR count). The molecule has 0 radical (unpaired) electrons. The zero-order valence-electron chi connectivity index (χ0n) is 10.4. The lowest BCUT2D eigenvalue weighted by atomic mass is 10.2. The molecule has 1 saturated heterocycles. The third-order valence-corrected chi connectivity index (χ3v) is 3.23. The van der Waals surface area contributed by atoms with Gasteiger partial charge in [-0.25, -0.2) is 9.18 Å². The van der Waals surface area contributed by atoms with Crippen LogP contribution in [-0.2, 0) is 4.74 Å². The molecule has 0 spiro atoms. The highest BCUT2D eigenvalue weighted by molar-refractivity contribution is 6.30. The van der Waals surface area contributed by atoms with Gasteiger partial charge in [-0.3, -0.25) is 14.3 Å². The molecule has 1 aromatic rings. The molecule has 1 aliphatic heterocycles. The van der Waals surface area contributed by atoms with Crippen molar-refractivity contribution in [2.45, 2.75) is 24.9 Å². The van der Waals surface area contributed by atoms with Crippen molar-refractivity contribution in [3.63, 3.8) is 0 Å². The number of aromatic nitrogens is 2. The number of rotatable bonds is 3. The van der Waals surface area contributed by atoms with Crippen LogP contribution in [0.15, 0.2) is 21.1 Å². The van der Waals surface area contributed by atoms with Crippen LogP contribution in [0.1, 0.15) is 18.2 Å². The second-order valence-electron chi connectivity index (χ2n) is 4.40. The monoisotopic (exact) mass is 324 g/mol. The molecule has 0 aliphatic carbocycles. The SMILES string of the molecule is O=c1[nH]c(=O)n(C2CC(O)C(CO)O2)cc1/C(F)=C(\F)Cl. The van der Waals surface area contributed by atoms with Crippen LogP contribution in [0, 0.1) is 0 Å². The number of nitrogens with zero attached hydrogens (tertiary/aromatic N) is 1. The summed E-state index contributed by atoms with van der Waals surface area (Å²) in [5.41, 5.74) is -2.86. The Morgan fingerprint density at radius 3 is 2.71 bits per heavy atom. The van der Waals surface area contributed by atoms with Crippen LogP contribution in [0.3, 0.4) is 0 Å². The largest absolute Gasteiger partial charge is 0.394 e. The molecule has 2 heterocycles. The van der Waals surface area contributed by atoms with Crippen LogP contribution in [-0.4, -0.2) is 38.6 Å². The zero-order valence-corrected chi connectivity index (χ0v) is 11.2. The van der Waals surface area contributed by atoms with Crippen molar-refractivity contribution in [3.05, 3.63) is 37.9 Å². The van der Waals surface area contributed by atoms with Crippen LogP contribution >= 0.6 is 11.6 Å². The lowest BCUT2D eigenvalue weighted by molar-refractivity contribution is -0.0459. The first-order valence-electron chi connectivity index (χ1n) is 5.86. The fraction of sp³-hybridized carbons (Fsp3) is 0.455. The molecule has 1 aliphatic rings. The molecule has 3 N–H and O–H groups in total. The van der Waals surface area contributed by atoms with E-state index in [1.807, 2.05) is 0 Å². The van der Waals surface area contributed by atoms with Gasteiger partial charge in [-0.05, 0) is 11.6 Å². The minimum atomic E-state index is -1.73. The molecule has 3 atom stereocenters. The summed E-state index contributed by atoms with van der Waals surface area (Å²) in [4.78, 5) is 24.9. The average molecular weight is 325 g/mol. The molecule has 116 valence electrons. The van der Waals surface area contributed by atoms with E-state index in [0.717, 1.165) is 10.8 Å². The molecule has 0 aromatic carbocycles. The number of hydrogen-bond acceptors (Lipinski definition) is 5. The van der Waals surface area contributed by atoms with Gasteiger partial charge in [0.05, 0.1) is 18.3 Å². The fourth-order valence-electron chi connectivity index (χ4n) is 2.01. The Bertz CT molecular complexity index is 682. The van der Waals surface area contributed by atoms with E-state index in [2.05, 4.69) is 0 Å². The number of hydrogen-bond donors (Lipinski definition) is 3. The minimum absolute atomic E-state index is 0.0642. The first-order chi connectivity index (χ1) is 9.85. The number of H-pyrrole nitrogens is 1. The predicted octanol–water partition coefficient (Wildman–Crippen LogP) is -0.0188. The van der Waals surface area contributed by atoms with Gasteiger partial charge in [-0.1, -0.05) is 0 Å². The molecule has 7 nitrogen and oxygen atoms in total. The minimum Gasteiger partial charge on any atom is -0.394 e. The Morgan fingerprint density at radius 1 is 1.52 bits per heavy atom. The molecular formula is C11H11ClF2N2O5. The van der Waals surface area contributed by atoms with Gasteiger partial charge in [-0.2, -0.15) is 4.39 Å². The summed E-state index contributed by atoms with van der Waals surface area (Å²) < 4.78 is 32.1. The lowest BCUT2D eigenvalue weighted by Crippen LogP contribution is -2.34. The van der Waals surface area contributed by atoms with Crippen molar-refractivity contribution in [2.75, 3.05) is 6.61 Å². The van der Waals surface area contributed by atoms with Gasteiger partial charge in [0.25, 0.3) is 5.56 Å². The second-order valence-corrected chi connectivity index (χ2v) is 4.73. The van der Waals surface area contributed by atoms with Crippen LogP contribution in [0.5, 0.6) is 0 Å². The number of nitrogens with one attached hydrogen (secondary N) is 1. The van der Waals surface area contributed by atoms with E-state index in [1.54, 1.807) is 4.98 Å². The van der Waals surface area contributed by atoms with Gasteiger partial charge >= 0.3 is 5.69 Å². The van der Waals surface area contributed by atoms with E-state index in [0.29, 0.717) is 0 Å². The van der Waals surface area contributed by atoms with E-state index < -0.39 is 53.0 Å². The van der Waals surface area contributed by atoms with Crippen molar-refractivity contribution >= 4 is 17.4 Å².